The maximum Gasteiger partial charge on any atom is 0.189 e. The lowest BCUT2D eigenvalue weighted by Crippen LogP contribution is -2.10. The Morgan fingerprint density at radius 1 is 1.29 bits per heavy atom. The first-order valence-corrected chi connectivity index (χ1v) is 7.29. The van der Waals surface area contributed by atoms with Gasteiger partial charge in [0.05, 0.1) is 12.3 Å². The third kappa shape index (κ3) is 3.11. The van der Waals surface area contributed by atoms with Crippen LogP contribution in [0.2, 0.25) is 0 Å². The van der Waals surface area contributed by atoms with Crippen molar-refractivity contribution >= 4 is 41.1 Å². The molecule has 0 fully saturated rings. The van der Waals surface area contributed by atoms with Gasteiger partial charge in [0.2, 0.25) is 0 Å². The fourth-order valence-electron chi connectivity index (χ4n) is 2.16. The van der Waals surface area contributed by atoms with E-state index >= 15 is 0 Å². The number of fused-ring (bicyclic) bond motifs is 1. The van der Waals surface area contributed by atoms with Gasteiger partial charge in [-0.15, -0.1) is 0 Å². The number of aromatic hydroxyl groups is 1. The molecule has 0 aromatic heterocycles. The maximum absolute atomic E-state index is 10.0. The number of phenolic OH excluding ortho intramolecular Hbond substituents is 1. The van der Waals surface area contributed by atoms with E-state index in [-0.39, 0.29) is 5.75 Å². The fourth-order valence-corrected chi connectivity index (χ4v) is 2.75. The lowest BCUT2D eigenvalue weighted by atomic mass is 9.93. The van der Waals surface area contributed by atoms with E-state index < -0.39 is 0 Å². The highest BCUT2D eigenvalue weighted by molar-refractivity contribution is 9.10. The van der Waals surface area contributed by atoms with E-state index in [9.17, 15) is 5.11 Å². The summed E-state index contributed by atoms with van der Waals surface area (Å²) < 4.78 is 11.5. The molecule has 0 atom stereocenters. The number of phenols is 1. The average Bonchev–Trinajstić information content (AvgIpc) is 2.49. The van der Waals surface area contributed by atoms with Gasteiger partial charge in [0.1, 0.15) is 19.3 Å². The van der Waals surface area contributed by atoms with Crippen LogP contribution in [0.1, 0.15) is 11.1 Å². The summed E-state index contributed by atoms with van der Waals surface area (Å²) in [6.07, 6.45) is 1.65. The van der Waals surface area contributed by atoms with Crippen LogP contribution in [0.3, 0.4) is 0 Å². The summed E-state index contributed by atoms with van der Waals surface area (Å²) in [7, 11) is 1.85. The molecule has 21 heavy (non-hydrogen) atoms. The Bertz CT molecular complexity index is 718. The van der Waals surface area contributed by atoms with Crippen LogP contribution in [0.5, 0.6) is 11.5 Å². The number of aliphatic imine (C=N–C) groups is 1. The van der Waals surface area contributed by atoms with Crippen molar-refractivity contribution in [1.82, 2.24) is 0 Å². The molecule has 2 aromatic rings. The van der Waals surface area contributed by atoms with Gasteiger partial charge >= 0.3 is 0 Å². The van der Waals surface area contributed by atoms with Crippen LogP contribution >= 0.6 is 15.9 Å². The molecule has 0 saturated carbocycles. The molecule has 0 unspecified atom stereocenters. The van der Waals surface area contributed by atoms with Crippen LogP contribution in [0.15, 0.2) is 39.8 Å². The van der Waals surface area contributed by atoms with E-state index in [2.05, 4.69) is 20.9 Å². The highest BCUT2D eigenvalue weighted by atomic mass is 79.9. The topological polar surface area (TPSA) is 51.0 Å². The van der Waals surface area contributed by atoms with E-state index in [0.717, 1.165) is 26.9 Å². The van der Waals surface area contributed by atoms with Crippen LogP contribution in [-0.2, 0) is 11.3 Å². The first kappa shape index (κ1) is 14.2. The second-order valence-corrected chi connectivity index (χ2v) is 5.74. The van der Waals surface area contributed by atoms with E-state index in [1.165, 1.54) is 0 Å². The Labute approximate surface area is 132 Å². The highest BCUT2D eigenvalue weighted by Crippen LogP contribution is 2.28. The number of ether oxygens (including phenoxy) is 2. The SMILES string of the molecule is Bc1cc(Br)cc(/C=N/c2ccc3c(c2)COCO3)c1O. The van der Waals surface area contributed by atoms with Crippen molar-refractivity contribution in [2.24, 2.45) is 4.99 Å². The van der Waals surface area contributed by atoms with Gasteiger partial charge in [-0.1, -0.05) is 22.0 Å². The van der Waals surface area contributed by atoms with Gasteiger partial charge < -0.3 is 14.6 Å². The number of benzene rings is 2. The number of halogens is 1. The molecule has 1 N–H and O–H groups in total. The van der Waals surface area contributed by atoms with E-state index in [4.69, 9.17) is 9.47 Å². The molecule has 1 aliphatic rings. The first-order chi connectivity index (χ1) is 10.1. The largest absolute Gasteiger partial charge is 0.508 e. The summed E-state index contributed by atoms with van der Waals surface area (Å²) in [6.45, 7) is 0.820. The predicted octanol–water partition coefficient (Wildman–Crippen LogP) is 2.03. The van der Waals surface area contributed by atoms with Crippen molar-refractivity contribution in [2.45, 2.75) is 6.61 Å². The van der Waals surface area contributed by atoms with Crippen molar-refractivity contribution in [3.63, 3.8) is 0 Å². The number of rotatable bonds is 2. The van der Waals surface area contributed by atoms with Gasteiger partial charge in [0.15, 0.2) is 6.79 Å². The Morgan fingerprint density at radius 3 is 3.00 bits per heavy atom. The van der Waals surface area contributed by atoms with Gasteiger partial charge in [-0.05, 0) is 29.7 Å². The third-order valence-corrected chi connectivity index (χ3v) is 3.70. The van der Waals surface area contributed by atoms with Gasteiger partial charge in [-0.3, -0.25) is 4.99 Å². The lowest BCUT2D eigenvalue weighted by molar-refractivity contribution is -0.0163. The second-order valence-electron chi connectivity index (χ2n) is 4.82. The maximum atomic E-state index is 10.0. The fraction of sp³-hybridized carbons (Fsp3) is 0.133. The molecule has 0 saturated heterocycles. The van der Waals surface area contributed by atoms with Crippen LogP contribution in [-0.4, -0.2) is 26.0 Å². The standard InChI is InChI=1S/C15H13BBrNO3/c16-13-5-11(17)3-9(15(13)19)6-18-12-1-2-14-10(4-12)7-20-8-21-14/h1-6,19H,7-8,16H2/b18-6+. The van der Waals surface area contributed by atoms with Crippen molar-refractivity contribution in [3.8, 4) is 11.5 Å². The normalized spacial score (nSPS) is 14.0. The highest BCUT2D eigenvalue weighted by Gasteiger charge is 2.10. The van der Waals surface area contributed by atoms with Crippen molar-refractivity contribution < 1.29 is 14.6 Å². The monoisotopic (exact) mass is 345 g/mol. The Morgan fingerprint density at radius 2 is 2.14 bits per heavy atom. The predicted molar refractivity (Wildman–Crippen MR) is 88.0 cm³/mol. The summed E-state index contributed by atoms with van der Waals surface area (Å²) >= 11 is 3.42. The molecule has 4 nitrogen and oxygen atoms in total. The Hall–Kier alpha value is -1.79. The number of hydrogen-bond acceptors (Lipinski definition) is 4. The molecule has 3 rings (SSSR count). The molecule has 6 heteroatoms. The zero-order valence-electron chi connectivity index (χ0n) is 11.5. The molecule has 0 aliphatic carbocycles. The minimum atomic E-state index is 0.242. The molecule has 0 spiro atoms. The van der Waals surface area contributed by atoms with Gasteiger partial charge in [0.25, 0.3) is 0 Å². The van der Waals surface area contributed by atoms with E-state index in [1.54, 1.807) is 6.21 Å². The quantitative estimate of drug-likeness (QED) is 0.669. The van der Waals surface area contributed by atoms with E-state index in [0.29, 0.717) is 19.0 Å². The summed E-state index contributed by atoms with van der Waals surface area (Å²) in [5.74, 6) is 1.08. The second kappa shape index (κ2) is 5.91. The van der Waals surface area contributed by atoms with Crippen LogP contribution in [0.4, 0.5) is 5.69 Å². The lowest BCUT2D eigenvalue weighted by Gasteiger charge is -2.17. The Balaban J connectivity index is 1.89. The van der Waals surface area contributed by atoms with Crippen molar-refractivity contribution in [1.29, 1.82) is 0 Å². The molecule has 2 aromatic carbocycles. The number of hydrogen-bond donors (Lipinski definition) is 1. The van der Waals surface area contributed by atoms with E-state index in [1.807, 2.05) is 38.2 Å². The minimum Gasteiger partial charge on any atom is -0.508 e. The third-order valence-electron chi connectivity index (χ3n) is 3.25. The van der Waals surface area contributed by atoms with Gasteiger partial charge in [0, 0.05) is 21.8 Å². The summed E-state index contributed by atoms with van der Waals surface area (Å²) in [4.78, 5) is 4.41. The van der Waals surface area contributed by atoms with Gasteiger partial charge in [-0.25, -0.2) is 0 Å². The smallest absolute Gasteiger partial charge is 0.189 e. The summed E-state index contributed by atoms with van der Waals surface area (Å²) in [5.41, 5.74) is 3.25. The van der Waals surface area contributed by atoms with Crippen molar-refractivity contribution in [3.05, 3.63) is 45.9 Å². The average molecular weight is 346 g/mol. The molecule has 106 valence electrons. The van der Waals surface area contributed by atoms with Crippen molar-refractivity contribution in [2.75, 3.05) is 6.79 Å². The number of nitrogens with zero attached hydrogens (tertiary/aromatic N) is 1. The summed E-state index contributed by atoms with van der Waals surface area (Å²) in [6, 6.07) is 9.38. The first-order valence-electron chi connectivity index (χ1n) is 6.50. The molecule has 0 radical (unpaired) electrons. The molecule has 0 bridgehead atoms. The molecule has 0 amide bonds. The zero-order valence-corrected chi connectivity index (χ0v) is 13.1. The molecular formula is C15H13BBrNO3. The molecule has 1 heterocycles. The van der Waals surface area contributed by atoms with Crippen LogP contribution < -0.4 is 10.2 Å². The summed E-state index contributed by atoms with van der Waals surface area (Å²) in [5, 5.41) is 10.0. The zero-order chi connectivity index (χ0) is 14.8. The van der Waals surface area contributed by atoms with Crippen LogP contribution in [0.25, 0.3) is 0 Å². The Kier molecular flexibility index (Phi) is 3.99. The van der Waals surface area contributed by atoms with Crippen LogP contribution in [0, 0.1) is 0 Å². The van der Waals surface area contributed by atoms with Gasteiger partial charge in [-0.2, -0.15) is 0 Å². The molecular weight excluding hydrogens is 333 g/mol. The minimum absolute atomic E-state index is 0.242. The molecule has 1 aliphatic heterocycles.